The monoisotopic (exact) mass is 218 g/mol. The molecule has 0 saturated carbocycles. The highest BCUT2D eigenvalue weighted by atomic mass is 16.5. The summed E-state index contributed by atoms with van der Waals surface area (Å²) in [5, 5.41) is 8.55. The maximum atomic E-state index is 11.7. The maximum Gasteiger partial charge on any atom is 0.315 e. The minimum absolute atomic E-state index is 0.309. The van der Waals surface area contributed by atoms with Crippen molar-refractivity contribution < 1.29 is 9.53 Å². The first-order valence-electron chi connectivity index (χ1n) is 5.24. The molecule has 0 unspecified atom stereocenters. The van der Waals surface area contributed by atoms with Crippen LogP contribution >= 0.6 is 0 Å². The molecule has 0 N–H and O–H groups in total. The minimum atomic E-state index is -0.430. The molecule has 1 heterocycles. The second kappa shape index (κ2) is 6.57. The molecule has 0 aliphatic rings. The Morgan fingerprint density at radius 2 is 2.44 bits per heavy atom. The molecule has 0 aliphatic carbocycles. The summed E-state index contributed by atoms with van der Waals surface area (Å²) >= 11 is 0. The van der Waals surface area contributed by atoms with Crippen molar-refractivity contribution >= 4 is 5.97 Å². The predicted molar refractivity (Wildman–Crippen MR) is 58.5 cm³/mol. The van der Waals surface area contributed by atoms with Gasteiger partial charge in [0.1, 0.15) is 0 Å². The van der Waals surface area contributed by atoms with E-state index < -0.39 is 5.92 Å². The second-order valence-electron chi connectivity index (χ2n) is 3.26. The molecule has 84 valence electrons. The Kier molecular flexibility index (Phi) is 5.00. The predicted octanol–water partition coefficient (Wildman–Crippen LogP) is 2.03. The number of pyridine rings is 1. The number of rotatable bonds is 5. The molecule has 0 saturated heterocycles. The van der Waals surface area contributed by atoms with Gasteiger partial charge >= 0.3 is 5.97 Å². The van der Waals surface area contributed by atoms with E-state index in [2.05, 4.69) is 4.98 Å². The van der Waals surface area contributed by atoms with Crippen molar-refractivity contribution in [3.05, 3.63) is 30.1 Å². The van der Waals surface area contributed by atoms with Gasteiger partial charge in [-0.2, -0.15) is 5.26 Å². The number of nitrogens with zero attached hydrogens (tertiary/aromatic N) is 2. The van der Waals surface area contributed by atoms with Crippen LogP contribution in [0, 0.1) is 11.3 Å². The van der Waals surface area contributed by atoms with Crippen LogP contribution < -0.4 is 0 Å². The van der Waals surface area contributed by atoms with E-state index in [0.29, 0.717) is 25.1 Å². The van der Waals surface area contributed by atoms with Crippen molar-refractivity contribution in [2.45, 2.75) is 25.7 Å². The normalized spacial score (nSPS) is 11.5. The number of ether oxygens (including phenoxy) is 1. The van der Waals surface area contributed by atoms with Crippen molar-refractivity contribution in [3.63, 3.8) is 0 Å². The van der Waals surface area contributed by atoms with Crippen molar-refractivity contribution in [1.29, 1.82) is 5.26 Å². The van der Waals surface area contributed by atoms with E-state index in [-0.39, 0.29) is 5.97 Å². The zero-order valence-electron chi connectivity index (χ0n) is 9.22. The first kappa shape index (κ1) is 12.2. The zero-order chi connectivity index (χ0) is 11.8. The van der Waals surface area contributed by atoms with Crippen LogP contribution in [-0.2, 0) is 9.53 Å². The molecule has 0 amide bonds. The van der Waals surface area contributed by atoms with E-state index in [1.54, 1.807) is 25.3 Å². The fourth-order valence-corrected chi connectivity index (χ4v) is 1.42. The summed E-state index contributed by atoms with van der Waals surface area (Å²) in [6.45, 7) is 2.10. The number of hydrogen-bond acceptors (Lipinski definition) is 4. The molecule has 16 heavy (non-hydrogen) atoms. The van der Waals surface area contributed by atoms with E-state index >= 15 is 0 Å². The highest BCUT2D eigenvalue weighted by Crippen LogP contribution is 2.20. The molecule has 4 nitrogen and oxygen atoms in total. The number of aromatic nitrogens is 1. The fourth-order valence-electron chi connectivity index (χ4n) is 1.42. The van der Waals surface area contributed by atoms with Crippen LogP contribution in [0.4, 0.5) is 0 Å². The van der Waals surface area contributed by atoms with Crippen molar-refractivity contribution in [3.8, 4) is 6.07 Å². The summed E-state index contributed by atoms with van der Waals surface area (Å²) in [6.07, 6.45) is 2.40. The van der Waals surface area contributed by atoms with Gasteiger partial charge in [-0.15, -0.1) is 0 Å². The van der Waals surface area contributed by atoms with E-state index in [0.717, 1.165) is 0 Å². The highest BCUT2D eigenvalue weighted by molar-refractivity contribution is 5.77. The molecule has 0 radical (unpaired) electrons. The quantitative estimate of drug-likeness (QED) is 0.709. The average molecular weight is 218 g/mol. The first-order valence-corrected chi connectivity index (χ1v) is 5.24. The lowest BCUT2D eigenvalue weighted by Gasteiger charge is -2.13. The van der Waals surface area contributed by atoms with Gasteiger partial charge in [0.2, 0.25) is 0 Å². The summed E-state index contributed by atoms with van der Waals surface area (Å²) in [7, 11) is 0. The third-order valence-corrected chi connectivity index (χ3v) is 2.16. The van der Waals surface area contributed by atoms with E-state index in [4.69, 9.17) is 10.00 Å². The molecule has 0 aromatic carbocycles. The van der Waals surface area contributed by atoms with Gasteiger partial charge in [0.05, 0.1) is 24.3 Å². The van der Waals surface area contributed by atoms with Crippen LogP contribution in [0.15, 0.2) is 24.4 Å². The van der Waals surface area contributed by atoms with E-state index in [1.165, 1.54) is 0 Å². The number of hydrogen-bond donors (Lipinski definition) is 0. The standard InChI is InChI=1S/C12H14N2O2/c1-2-16-12(15)10(6-5-8-13)11-7-3-4-9-14-11/h3-4,7,9-10H,2,5-6H2,1H3/t10-/m1/s1. The molecular weight excluding hydrogens is 204 g/mol. The van der Waals surface area contributed by atoms with Crippen LogP contribution in [0.5, 0.6) is 0 Å². The molecule has 1 aromatic heterocycles. The Morgan fingerprint density at radius 1 is 1.62 bits per heavy atom. The third kappa shape index (κ3) is 3.35. The SMILES string of the molecule is CCOC(=O)[C@H](CCC#N)c1ccccn1. The number of nitriles is 1. The maximum absolute atomic E-state index is 11.7. The topological polar surface area (TPSA) is 63.0 Å². The Balaban J connectivity index is 2.79. The van der Waals surface area contributed by atoms with Gasteiger partial charge in [-0.1, -0.05) is 6.07 Å². The van der Waals surface area contributed by atoms with E-state index in [1.807, 2.05) is 12.1 Å². The molecule has 1 atom stereocenters. The molecule has 1 aromatic rings. The Hall–Kier alpha value is -1.89. The fraction of sp³-hybridized carbons (Fsp3) is 0.417. The number of esters is 1. The zero-order valence-corrected chi connectivity index (χ0v) is 9.22. The Morgan fingerprint density at radius 3 is 3.00 bits per heavy atom. The molecule has 0 fully saturated rings. The smallest absolute Gasteiger partial charge is 0.315 e. The van der Waals surface area contributed by atoms with Crippen molar-refractivity contribution in [1.82, 2.24) is 4.98 Å². The van der Waals surface area contributed by atoms with Crippen molar-refractivity contribution in [2.24, 2.45) is 0 Å². The molecule has 0 aliphatic heterocycles. The summed E-state index contributed by atoms with van der Waals surface area (Å²) in [4.78, 5) is 15.8. The van der Waals surface area contributed by atoms with Gasteiger partial charge in [-0.3, -0.25) is 9.78 Å². The largest absolute Gasteiger partial charge is 0.465 e. The number of carbonyl (C=O) groups is 1. The highest BCUT2D eigenvalue weighted by Gasteiger charge is 2.22. The van der Waals surface area contributed by atoms with E-state index in [9.17, 15) is 4.79 Å². The molecule has 0 bridgehead atoms. The van der Waals surface area contributed by atoms with Crippen molar-refractivity contribution in [2.75, 3.05) is 6.61 Å². The first-order chi connectivity index (χ1) is 7.79. The lowest BCUT2D eigenvalue weighted by molar-refractivity contribution is -0.145. The van der Waals surface area contributed by atoms with Gasteiger partial charge in [0.25, 0.3) is 0 Å². The van der Waals surface area contributed by atoms with Crippen LogP contribution in [-0.4, -0.2) is 17.6 Å². The number of carbonyl (C=O) groups excluding carboxylic acids is 1. The Bertz CT molecular complexity index is 370. The van der Waals surface area contributed by atoms with Gasteiger partial charge in [0.15, 0.2) is 0 Å². The van der Waals surface area contributed by atoms with Crippen LogP contribution in [0.2, 0.25) is 0 Å². The van der Waals surface area contributed by atoms with Crippen LogP contribution in [0.3, 0.4) is 0 Å². The molecule has 4 heteroatoms. The molecule has 1 rings (SSSR count). The summed E-state index contributed by atoms with van der Waals surface area (Å²) in [6, 6.07) is 7.41. The third-order valence-electron chi connectivity index (χ3n) is 2.16. The summed E-state index contributed by atoms with van der Waals surface area (Å²) in [5.41, 5.74) is 0.663. The minimum Gasteiger partial charge on any atom is -0.465 e. The second-order valence-corrected chi connectivity index (χ2v) is 3.26. The Labute approximate surface area is 94.9 Å². The lowest BCUT2D eigenvalue weighted by atomic mass is 9.99. The van der Waals surface area contributed by atoms with Gasteiger partial charge in [0, 0.05) is 12.6 Å². The average Bonchev–Trinajstić information content (AvgIpc) is 2.31. The summed E-state index contributed by atoms with van der Waals surface area (Å²) in [5.74, 6) is -0.739. The lowest BCUT2D eigenvalue weighted by Crippen LogP contribution is -2.17. The molecular formula is C12H14N2O2. The van der Waals surface area contributed by atoms with Gasteiger partial charge in [-0.25, -0.2) is 0 Å². The van der Waals surface area contributed by atoms with Crippen LogP contribution in [0.1, 0.15) is 31.4 Å². The van der Waals surface area contributed by atoms with Gasteiger partial charge in [-0.05, 0) is 25.5 Å². The summed E-state index contributed by atoms with van der Waals surface area (Å²) < 4.78 is 4.97. The van der Waals surface area contributed by atoms with Crippen LogP contribution in [0.25, 0.3) is 0 Å². The van der Waals surface area contributed by atoms with Gasteiger partial charge < -0.3 is 4.74 Å². The molecule has 0 spiro atoms.